The van der Waals surface area contributed by atoms with Crippen LogP contribution in [-0.4, -0.2) is 45.4 Å². The highest BCUT2D eigenvalue weighted by Crippen LogP contribution is 2.27. The van der Waals surface area contributed by atoms with Gasteiger partial charge in [-0.15, -0.1) is 10.2 Å². The van der Waals surface area contributed by atoms with Gasteiger partial charge in [0.2, 0.25) is 5.91 Å². The van der Waals surface area contributed by atoms with Crippen LogP contribution >= 0.6 is 11.8 Å². The maximum atomic E-state index is 13.9. The molecule has 34 heavy (non-hydrogen) atoms. The fraction of sp³-hybridized carbons (Fsp3) is 0.333. The number of anilines is 1. The van der Waals surface area contributed by atoms with Gasteiger partial charge in [0.15, 0.2) is 28.3 Å². The minimum Gasteiger partial charge on any atom is -0.483 e. The molecule has 2 unspecified atom stereocenters. The first-order valence-corrected chi connectivity index (χ1v) is 11.6. The summed E-state index contributed by atoms with van der Waals surface area (Å²) < 4.78 is 26.7. The van der Waals surface area contributed by atoms with Crippen LogP contribution in [0.3, 0.4) is 0 Å². The number of ether oxygens (including phenoxy) is 2. The molecule has 0 aliphatic heterocycles. The van der Waals surface area contributed by atoms with E-state index in [-0.39, 0.29) is 30.1 Å². The Morgan fingerprint density at radius 1 is 1.12 bits per heavy atom. The van der Waals surface area contributed by atoms with Crippen molar-refractivity contribution in [2.75, 3.05) is 19.0 Å². The molecule has 8 nitrogen and oxygen atoms in total. The lowest BCUT2D eigenvalue weighted by molar-refractivity contribution is -0.115. The van der Waals surface area contributed by atoms with Crippen LogP contribution in [-0.2, 0) is 16.1 Å². The Labute approximate surface area is 201 Å². The summed E-state index contributed by atoms with van der Waals surface area (Å²) in [6.07, 6.45) is 0. The lowest BCUT2D eigenvalue weighted by Crippen LogP contribution is -2.24. The van der Waals surface area contributed by atoms with Crippen LogP contribution in [0.15, 0.2) is 53.7 Å². The molecule has 0 saturated carbocycles. The number of nitrogens with zero attached hydrogens (tertiary/aromatic N) is 3. The van der Waals surface area contributed by atoms with Crippen LogP contribution in [0.2, 0.25) is 0 Å². The summed E-state index contributed by atoms with van der Waals surface area (Å²) in [4.78, 5) is 24.2. The van der Waals surface area contributed by atoms with Gasteiger partial charge in [0.25, 0.3) is 0 Å². The first-order valence-electron chi connectivity index (χ1n) is 10.7. The second-order valence-corrected chi connectivity index (χ2v) is 8.98. The van der Waals surface area contributed by atoms with Gasteiger partial charge in [-0.25, -0.2) is 4.39 Å². The molecule has 0 aliphatic rings. The number of carbonyl (C=O) groups excluding carboxylic acids is 2. The van der Waals surface area contributed by atoms with Crippen molar-refractivity contribution in [1.82, 2.24) is 14.8 Å². The Hall–Kier alpha value is -3.24. The zero-order valence-corrected chi connectivity index (χ0v) is 20.3. The van der Waals surface area contributed by atoms with Crippen LogP contribution in [0, 0.1) is 5.82 Å². The zero-order chi connectivity index (χ0) is 24.7. The minimum absolute atomic E-state index is 0.00558. The molecule has 1 N–H and O–H groups in total. The van der Waals surface area contributed by atoms with Gasteiger partial charge >= 0.3 is 0 Å². The highest BCUT2D eigenvalue weighted by molar-refractivity contribution is 8.00. The number of carbonyl (C=O) groups is 2. The van der Waals surface area contributed by atoms with Crippen molar-refractivity contribution in [3.8, 4) is 5.75 Å². The number of benzene rings is 2. The van der Waals surface area contributed by atoms with E-state index in [4.69, 9.17) is 9.47 Å². The van der Waals surface area contributed by atoms with Crippen LogP contribution in [0.4, 0.5) is 10.1 Å². The van der Waals surface area contributed by atoms with Crippen LogP contribution in [0.25, 0.3) is 0 Å². The molecule has 2 aromatic carbocycles. The smallest absolute Gasteiger partial charge is 0.237 e. The van der Waals surface area contributed by atoms with Crippen LogP contribution in [0.5, 0.6) is 5.75 Å². The molecule has 3 aromatic rings. The number of halogens is 1. The number of hydrogen-bond acceptors (Lipinski definition) is 7. The number of aromatic nitrogens is 3. The summed E-state index contributed by atoms with van der Waals surface area (Å²) in [7, 11) is 1.59. The number of methoxy groups -OCH3 is 1. The number of hydrogen-bond donors (Lipinski definition) is 1. The van der Waals surface area contributed by atoms with Crippen LogP contribution in [0.1, 0.15) is 43.0 Å². The van der Waals surface area contributed by atoms with E-state index < -0.39 is 11.1 Å². The first-order chi connectivity index (χ1) is 16.3. The summed E-state index contributed by atoms with van der Waals surface area (Å²) in [5.74, 6) is -0.119. The fourth-order valence-electron chi connectivity index (χ4n) is 3.19. The number of Topliss-reactive ketones (excluding diaryl/α,β-unsaturated/α-hetero) is 1. The number of ketones is 1. The predicted molar refractivity (Wildman–Crippen MR) is 128 cm³/mol. The summed E-state index contributed by atoms with van der Waals surface area (Å²) in [6.45, 7) is 5.58. The largest absolute Gasteiger partial charge is 0.483 e. The molecule has 2 atom stereocenters. The Kier molecular flexibility index (Phi) is 8.78. The number of nitrogens with one attached hydrogen (secondary N) is 1. The van der Waals surface area contributed by atoms with Crippen molar-refractivity contribution < 1.29 is 23.5 Å². The number of para-hydroxylation sites is 1. The third-order valence-electron chi connectivity index (χ3n) is 4.99. The maximum Gasteiger partial charge on any atom is 0.237 e. The SMILES string of the molecule is COCC(C)n1c(COc2ccccc2F)nnc1SC(C)C(=O)Nc1ccc(C(C)=O)cc1. The molecule has 0 saturated heterocycles. The van der Waals surface area contributed by atoms with Gasteiger partial charge in [-0.2, -0.15) is 0 Å². The van der Waals surface area contributed by atoms with Crippen molar-refractivity contribution in [2.24, 2.45) is 0 Å². The lowest BCUT2D eigenvalue weighted by Gasteiger charge is -2.19. The van der Waals surface area contributed by atoms with Gasteiger partial charge in [0.05, 0.1) is 17.9 Å². The Morgan fingerprint density at radius 2 is 1.82 bits per heavy atom. The molecular weight excluding hydrogens is 459 g/mol. The molecule has 180 valence electrons. The van der Waals surface area contributed by atoms with E-state index in [1.807, 2.05) is 11.5 Å². The highest BCUT2D eigenvalue weighted by atomic mass is 32.2. The Balaban J connectivity index is 1.72. The predicted octanol–water partition coefficient (Wildman–Crippen LogP) is 4.53. The third-order valence-corrected chi connectivity index (χ3v) is 6.04. The minimum atomic E-state index is -0.495. The highest BCUT2D eigenvalue weighted by Gasteiger charge is 2.23. The van der Waals surface area contributed by atoms with Crippen molar-refractivity contribution in [1.29, 1.82) is 0 Å². The van der Waals surface area contributed by atoms with Crippen molar-refractivity contribution >= 4 is 29.1 Å². The second-order valence-electron chi connectivity index (χ2n) is 7.68. The van der Waals surface area contributed by atoms with E-state index in [0.29, 0.717) is 28.8 Å². The molecular formula is C24H27FN4O4S. The van der Waals surface area contributed by atoms with Gasteiger partial charge in [-0.05, 0) is 57.2 Å². The van der Waals surface area contributed by atoms with E-state index in [2.05, 4.69) is 15.5 Å². The van der Waals surface area contributed by atoms with E-state index in [1.165, 1.54) is 24.8 Å². The zero-order valence-electron chi connectivity index (χ0n) is 19.4. The quantitative estimate of drug-likeness (QED) is 0.314. The second kappa shape index (κ2) is 11.8. The molecule has 0 radical (unpaired) electrons. The fourth-order valence-corrected chi connectivity index (χ4v) is 4.16. The summed E-state index contributed by atoms with van der Waals surface area (Å²) >= 11 is 1.24. The lowest BCUT2D eigenvalue weighted by atomic mass is 10.1. The molecule has 1 amide bonds. The normalized spacial score (nSPS) is 12.7. The molecule has 0 fully saturated rings. The molecule has 1 aromatic heterocycles. The summed E-state index contributed by atoms with van der Waals surface area (Å²) in [5, 5.41) is 11.3. The van der Waals surface area contributed by atoms with E-state index in [9.17, 15) is 14.0 Å². The monoisotopic (exact) mass is 486 g/mol. The third kappa shape index (κ3) is 6.42. The molecule has 10 heteroatoms. The van der Waals surface area contributed by atoms with Gasteiger partial charge in [-0.1, -0.05) is 23.9 Å². The molecule has 0 spiro atoms. The van der Waals surface area contributed by atoms with Crippen molar-refractivity contribution in [2.45, 2.75) is 43.8 Å². The Morgan fingerprint density at radius 3 is 2.47 bits per heavy atom. The number of amides is 1. The average Bonchev–Trinajstić information content (AvgIpc) is 3.21. The standard InChI is InChI=1S/C24H27FN4O4S/c1-15(13-32-4)29-22(14-33-21-8-6-5-7-20(21)25)27-28-24(29)34-17(3)23(31)26-19-11-9-18(10-12-19)16(2)30/h5-12,15,17H,13-14H2,1-4H3,(H,26,31). The molecule has 0 aliphatic carbocycles. The van der Waals surface area contributed by atoms with Gasteiger partial charge in [0, 0.05) is 18.4 Å². The van der Waals surface area contributed by atoms with Crippen molar-refractivity contribution in [3.63, 3.8) is 0 Å². The van der Waals surface area contributed by atoms with E-state index in [0.717, 1.165) is 0 Å². The average molecular weight is 487 g/mol. The number of thioether (sulfide) groups is 1. The van der Waals surface area contributed by atoms with E-state index in [1.54, 1.807) is 56.5 Å². The summed E-state index contributed by atoms with van der Waals surface area (Å²) in [5.41, 5.74) is 1.17. The molecule has 3 rings (SSSR count). The maximum absolute atomic E-state index is 13.9. The van der Waals surface area contributed by atoms with Gasteiger partial charge < -0.3 is 14.8 Å². The molecule has 0 bridgehead atoms. The topological polar surface area (TPSA) is 95.3 Å². The summed E-state index contributed by atoms with van der Waals surface area (Å²) in [6, 6.07) is 12.7. The molecule has 1 heterocycles. The van der Waals surface area contributed by atoms with Gasteiger partial charge in [0.1, 0.15) is 6.61 Å². The number of rotatable bonds is 11. The Bertz CT molecular complexity index is 1140. The van der Waals surface area contributed by atoms with Crippen molar-refractivity contribution in [3.05, 3.63) is 65.7 Å². The van der Waals surface area contributed by atoms with Gasteiger partial charge in [-0.3, -0.25) is 14.2 Å². The first kappa shape index (κ1) is 25.4. The van der Waals surface area contributed by atoms with E-state index >= 15 is 0 Å². The van der Waals surface area contributed by atoms with Crippen LogP contribution < -0.4 is 10.1 Å².